The van der Waals surface area contributed by atoms with Crippen molar-refractivity contribution in [1.29, 1.82) is 0 Å². The Bertz CT molecular complexity index is 551. The van der Waals surface area contributed by atoms with Crippen LogP contribution in [0, 0.1) is 17.5 Å². The lowest BCUT2D eigenvalue weighted by Gasteiger charge is -2.17. The maximum atomic E-state index is 13.5. The highest BCUT2D eigenvalue weighted by Crippen LogP contribution is 2.19. The Kier molecular flexibility index (Phi) is 6.59. The van der Waals surface area contributed by atoms with Crippen molar-refractivity contribution in [2.24, 2.45) is 0 Å². The average Bonchev–Trinajstić information content (AvgIpc) is 2.35. The van der Waals surface area contributed by atoms with E-state index in [4.69, 9.17) is 9.47 Å². The summed E-state index contributed by atoms with van der Waals surface area (Å²) in [6.07, 6.45) is -0.888. The molecule has 1 aromatic rings. The van der Waals surface area contributed by atoms with Gasteiger partial charge >= 0.3 is 0 Å². The van der Waals surface area contributed by atoms with Gasteiger partial charge in [0.2, 0.25) is 10.0 Å². The van der Waals surface area contributed by atoms with Gasteiger partial charge in [0, 0.05) is 25.3 Å². The van der Waals surface area contributed by atoms with Crippen LogP contribution in [0.15, 0.2) is 17.0 Å². The van der Waals surface area contributed by atoms with Crippen LogP contribution in [0.5, 0.6) is 0 Å². The van der Waals surface area contributed by atoms with Crippen LogP contribution >= 0.6 is 0 Å². The smallest absolute Gasteiger partial charge is 0.246 e. The molecule has 0 fully saturated rings. The maximum absolute atomic E-state index is 13.5. The zero-order chi connectivity index (χ0) is 16.0. The Morgan fingerprint density at radius 2 is 1.57 bits per heavy atom. The molecule has 0 aliphatic heterocycles. The van der Waals surface area contributed by atoms with Crippen LogP contribution < -0.4 is 4.72 Å². The molecular weight excluding hydrogens is 311 g/mol. The largest absolute Gasteiger partial charge is 0.352 e. The maximum Gasteiger partial charge on any atom is 0.246 e. The summed E-state index contributed by atoms with van der Waals surface area (Å²) in [5.74, 6) is -4.22. The molecule has 0 unspecified atom stereocenters. The first-order valence-corrected chi connectivity index (χ1v) is 7.67. The molecule has 0 radical (unpaired) electrons. The van der Waals surface area contributed by atoms with Crippen molar-refractivity contribution in [3.05, 3.63) is 29.6 Å². The molecule has 21 heavy (non-hydrogen) atoms. The molecule has 1 rings (SSSR count). The number of halogens is 3. The molecule has 1 N–H and O–H groups in total. The van der Waals surface area contributed by atoms with E-state index in [1.54, 1.807) is 13.8 Å². The molecule has 0 aliphatic carbocycles. The Morgan fingerprint density at radius 1 is 1.10 bits per heavy atom. The number of ether oxygens (including phenoxy) is 2. The van der Waals surface area contributed by atoms with Gasteiger partial charge in [-0.25, -0.2) is 26.3 Å². The van der Waals surface area contributed by atoms with Gasteiger partial charge < -0.3 is 9.47 Å². The molecule has 5 nitrogen and oxygen atoms in total. The molecule has 0 atom stereocenters. The summed E-state index contributed by atoms with van der Waals surface area (Å²) in [6, 6.07) is 0.584. The summed E-state index contributed by atoms with van der Waals surface area (Å²) in [5, 5.41) is 0. The first kappa shape index (κ1) is 17.9. The number of sulfonamides is 1. The molecule has 1 aromatic carbocycles. The first-order valence-electron chi connectivity index (χ1n) is 6.19. The molecule has 9 heteroatoms. The second-order valence-electron chi connectivity index (χ2n) is 3.89. The Morgan fingerprint density at radius 3 is 2.00 bits per heavy atom. The van der Waals surface area contributed by atoms with E-state index in [2.05, 4.69) is 0 Å². The molecule has 0 heterocycles. The zero-order valence-corrected chi connectivity index (χ0v) is 12.3. The third-order valence-corrected chi connectivity index (χ3v) is 3.85. The van der Waals surface area contributed by atoms with E-state index in [1.807, 2.05) is 4.72 Å². The van der Waals surface area contributed by atoms with Gasteiger partial charge in [0.25, 0.3) is 0 Å². The van der Waals surface area contributed by atoms with Crippen molar-refractivity contribution in [1.82, 2.24) is 4.72 Å². The highest BCUT2D eigenvalue weighted by atomic mass is 32.2. The zero-order valence-electron chi connectivity index (χ0n) is 11.5. The molecule has 0 aliphatic rings. The third-order valence-electron chi connectivity index (χ3n) is 2.38. The Balaban J connectivity index is 2.92. The van der Waals surface area contributed by atoms with Gasteiger partial charge in [-0.1, -0.05) is 0 Å². The number of benzene rings is 1. The standard InChI is InChI=1S/C12H16F3NO4S/c1-3-19-11(20-4-2)7-16-21(17,18)12-9(14)5-8(13)6-10(12)15/h5-6,11,16H,3-4,7H2,1-2H3. The van der Waals surface area contributed by atoms with Crippen LogP contribution in [-0.4, -0.2) is 34.5 Å². The van der Waals surface area contributed by atoms with Gasteiger partial charge in [0.15, 0.2) is 11.2 Å². The van der Waals surface area contributed by atoms with Crippen molar-refractivity contribution in [3.8, 4) is 0 Å². The summed E-state index contributed by atoms with van der Waals surface area (Å²) in [7, 11) is -4.50. The van der Waals surface area contributed by atoms with Gasteiger partial charge in [0.1, 0.15) is 17.5 Å². The van der Waals surface area contributed by atoms with E-state index in [-0.39, 0.29) is 19.8 Å². The summed E-state index contributed by atoms with van der Waals surface area (Å²) >= 11 is 0. The average molecular weight is 327 g/mol. The first-order chi connectivity index (χ1) is 9.81. The summed E-state index contributed by atoms with van der Waals surface area (Å²) in [5.41, 5.74) is 0. The molecule has 0 saturated heterocycles. The van der Waals surface area contributed by atoms with Gasteiger partial charge in [-0.3, -0.25) is 0 Å². The van der Waals surface area contributed by atoms with Crippen LogP contribution in [0.25, 0.3) is 0 Å². The molecule has 0 spiro atoms. The van der Waals surface area contributed by atoms with E-state index in [0.717, 1.165) is 0 Å². The molecule has 120 valence electrons. The second kappa shape index (κ2) is 7.74. The second-order valence-corrected chi connectivity index (χ2v) is 5.59. The minimum Gasteiger partial charge on any atom is -0.352 e. The lowest BCUT2D eigenvalue weighted by Crippen LogP contribution is -2.36. The normalized spacial score (nSPS) is 12.1. The van der Waals surface area contributed by atoms with E-state index in [9.17, 15) is 21.6 Å². The fourth-order valence-electron chi connectivity index (χ4n) is 1.57. The van der Waals surface area contributed by atoms with Gasteiger partial charge in [0.05, 0.1) is 6.54 Å². The summed E-state index contributed by atoms with van der Waals surface area (Å²) in [4.78, 5) is -1.24. The monoisotopic (exact) mass is 327 g/mol. The number of rotatable bonds is 8. The lowest BCUT2D eigenvalue weighted by atomic mass is 10.3. The van der Waals surface area contributed by atoms with Crippen LogP contribution in [0.4, 0.5) is 13.2 Å². The van der Waals surface area contributed by atoms with Crippen molar-refractivity contribution in [3.63, 3.8) is 0 Å². The predicted octanol–water partition coefficient (Wildman–Crippen LogP) is 1.78. The quantitative estimate of drug-likeness (QED) is 0.739. The fraction of sp³-hybridized carbons (Fsp3) is 0.500. The van der Waals surface area contributed by atoms with Gasteiger partial charge in [-0.2, -0.15) is 0 Å². The number of nitrogens with one attached hydrogen (secondary N) is 1. The highest BCUT2D eigenvalue weighted by Gasteiger charge is 2.26. The van der Waals surface area contributed by atoms with Crippen molar-refractivity contribution in [2.45, 2.75) is 25.0 Å². The van der Waals surface area contributed by atoms with Crippen LogP contribution in [0.2, 0.25) is 0 Å². The van der Waals surface area contributed by atoms with Crippen molar-refractivity contribution in [2.75, 3.05) is 19.8 Å². The molecule has 0 bridgehead atoms. The summed E-state index contributed by atoms with van der Waals surface area (Å²) in [6.45, 7) is 3.57. The topological polar surface area (TPSA) is 64.6 Å². The van der Waals surface area contributed by atoms with E-state index >= 15 is 0 Å². The molecule has 0 saturated carbocycles. The SMILES string of the molecule is CCOC(CNS(=O)(=O)c1c(F)cc(F)cc1F)OCC. The highest BCUT2D eigenvalue weighted by molar-refractivity contribution is 7.89. The lowest BCUT2D eigenvalue weighted by molar-refractivity contribution is -0.130. The number of hydrogen-bond acceptors (Lipinski definition) is 4. The van der Waals surface area contributed by atoms with Crippen LogP contribution in [0.1, 0.15) is 13.8 Å². The van der Waals surface area contributed by atoms with Crippen molar-refractivity contribution >= 4 is 10.0 Å². The van der Waals surface area contributed by atoms with Gasteiger partial charge in [-0.15, -0.1) is 0 Å². The van der Waals surface area contributed by atoms with E-state index in [0.29, 0.717) is 12.1 Å². The number of hydrogen-bond donors (Lipinski definition) is 1. The fourth-order valence-corrected chi connectivity index (χ4v) is 2.70. The Hall–Kier alpha value is -1.16. The van der Waals surface area contributed by atoms with Crippen LogP contribution in [0.3, 0.4) is 0 Å². The summed E-state index contributed by atoms with van der Waals surface area (Å²) < 4.78 is 75.6. The molecular formula is C12H16F3NO4S. The molecule has 0 amide bonds. The minimum atomic E-state index is -4.50. The van der Waals surface area contributed by atoms with E-state index < -0.39 is 38.7 Å². The van der Waals surface area contributed by atoms with Gasteiger partial charge in [-0.05, 0) is 13.8 Å². The Labute approximate surface area is 121 Å². The van der Waals surface area contributed by atoms with Crippen LogP contribution in [-0.2, 0) is 19.5 Å². The van der Waals surface area contributed by atoms with E-state index in [1.165, 1.54) is 0 Å². The third kappa shape index (κ3) is 4.95. The predicted molar refractivity (Wildman–Crippen MR) is 68.5 cm³/mol. The molecule has 0 aromatic heterocycles. The minimum absolute atomic E-state index is 0.270. The van der Waals surface area contributed by atoms with Crippen molar-refractivity contribution < 1.29 is 31.1 Å².